The Kier molecular flexibility index (Phi) is 3.54. The number of methoxy groups -OCH3 is 1. The number of rotatable bonds is 1. The quantitative estimate of drug-likeness (QED) is 0.673. The molecule has 0 unspecified atom stereocenters. The predicted molar refractivity (Wildman–Crippen MR) is 48.6 cm³/mol. The average molecular weight is 187 g/mol. The summed E-state index contributed by atoms with van der Waals surface area (Å²) >= 11 is 0. The van der Waals surface area contributed by atoms with Crippen molar-refractivity contribution in [3.63, 3.8) is 0 Å². The minimum absolute atomic E-state index is 0.0721. The molecule has 0 spiro atoms. The molecule has 1 rings (SSSR count). The first kappa shape index (κ1) is 10.3. The summed E-state index contributed by atoms with van der Waals surface area (Å²) in [7, 11) is 1.37. The van der Waals surface area contributed by atoms with Crippen LogP contribution < -0.4 is 5.32 Å². The number of carbonyl (C=O) groups is 1. The fraction of sp³-hybridized carbons (Fsp3) is 0.889. The van der Waals surface area contributed by atoms with Gasteiger partial charge in [0.15, 0.2) is 0 Å². The molecule has 1 N–H and O–H groups in total. The van der Waals surface area contributed by atoms with Crippen LogP contribution in [-0.4, -0.2) is 31.5 Å². The third-order valence-electron chi connectivity index (χ3n) is 2.39. The Morgan fingerprint density at radius 2 is 2.15 bits per heavy atom. The van der Waals surface area contributed by atoms with Crippen LogP contribution >= 0.6 is 0 Å². The number of hydrogen-bond donors (Lipinski definition) is 1. The van der Waals surface area contributed by atoms with Gasteiger partial charge in [0.05, 0.1) is 25.4 Å². The van der Waals surface area contributed by atoms with Gasteiger partial charge in [0.25, 0.3) is 0 Å². The van der Waals surface area contributed by atoms with E-state index in [0.29, 0.717) is 6.10 Å². The van der Waals surface area contributed by atoms with Crippen LogP contribution in [0.25, 0.3) is 0 Å². The van der Waals surface area contributed by atoms with Crippen molar-refractivity contribution >= 4 is 6.09 Å². The molecular weight excluding hydrogens is 170 g/mol. The van der Waals surface area contributed by atoms with Gasteiger partial charge in [-0.2, -0.15) is 0 Å². The van der Waals surface area contributed by atoms with Crippen molar-refractivity contribution in [2.45, 2.75) is 44.9 Å². The number of amides is 1. The van der Waals surface area contributed by atoms with Crippen LogP contribution in [0.5, 0.6) is 0 Å². The lowest BCUT2D eigenvalue weighted by Crippen LogP contribution is -2.47. The number of hydrogen-bond acceptors (Lipinski definition) is 3. The van der Waals surface area contributed by atoms with E-state index in [0.717, 1.165) is 12.8 Å². The van der Waals surface area contributed by atoms with Gasteiger partial charge in [-0.25, -0.2) is 4.79 Å². The number of nitrogens with one attached hydrogen (secondary N) is 1. The Balaban J connectivity index is 2.38. The lowest BCUT2D eigenvalue weighted by molar-refractivity contribution is -0.0483. The van der Waals surface area contributed by atoms with E-state index < -0.39 is 0 Å². The van der Waals surface area contributed by atoms with E-state index in [1.54, 1.807) is 0 Å². The van der Waals surface area contributed by atoms with E-state index >= 15 is 0 Å². The molecule has 0 radical (unpaired) electrons. The molecule has 3 atom stereocenters. The van der Waals surface area contributed by atoms with Crippen molar-refractivity contribution in [1.29, 1.82) is 0 Å². The van der Waals surface area contributed by atoms with Gasteiger partial charge in [0, 0.05) is 0 Å². The lowest BCUT2D eigenvalue weighted by atomic mass is 10.0. The summed E-state index contributed by atoms with van der Waals surface area (Å²) < 4.78 is 10.1. The molecule has 13 heavy (non-hydrogen) atoms. The molecule has 1 heterocycles. The van der Waals surface area contributed by atoms with Gasteiger partial charge < -0.3 is 14.8 Å². The highest BCUT2D eigenvalue weighted by atomic mass is 16.5. The maximum Gasteiger partial charge on any atom is 0.407 e. The van der Waals surface area contributed by atoms with E-state index in [-0.39, 0.29) is 18.2 Å². The zero-order valence-electron chi connectivity index (χ0n) is 8.37. The summed E-state index contributed by atoms with van der Waals surface area (Å²) in [6.07, 6.45) is 1.93. The molecule has 0 bridgehead atoms. The molecular formula is C9H17NO3. The maximum atomic E-state index is 10.9. The monoisotopic (exact) mass is 187 g/mol. The second kappa shape index (κ2) is 4.46. The molecule has 1 aliphatic rings. The van der Waals surface area contributed by atoms with E-state index in [1.807, 2.05) is 13.8 Å². The highest BCUT2D eigenvalue weighted by Gasteiger charge is 2.27. The lowest BCUT2D eigenvalue weighted by Gasteiger charge is -2.33. The molecule has 4 heteroatoms. The number of carbonyl (C=O) groups excluding carboxylic acids is 1. The standard InChI is InChI=1S/C9H17NO3/c1-6-4-5-8(7(2)13-6)10-9(11)12-3/h6-8H,4-5H2,1-3H3,(H,10,11)/t6-,7+,8+/m1/s1. The van der Waals surface area contributed by atoms with Gasteiger partial charge in [-0.05, 0) is 26.7 Å². The van der Waals surface area contributed by atoms with Crippen LogP contribution in [0.15, 0.2) is 0 Å². The topological polar surface area (TPSA) is 47.6 Å². The molecule has 0 aromatic carbocycles. The molecule has 1 aliphatic heterocycles. The molecule has 4 nitrogen and oxygen atoms in total. The van der Waals surface area contributed by atoms with Crippen LogP contribution in [0.4, 0.5) is 4.79 Å². The largest absolute Gasteiger partial charge is 0.453 e. The van der Waals surface area contributed by atoms with Crippen LogP contribution in [0, 0.1) is 0 Å². The van der Waals surface area contributed by atoms with Gasteiger partial charge >= 0.3 is 6.09 Å². The second-order valence-electron chi connectivity index (χ2n) is 3.47. The maximum absolute atomic E-state index is 10.9. The molecule has 0 aromatic heterocycles. The third-order valence-corrected chi connectivity index (χ3v) is 2.39. The van der Waals surface area contributed by atoms with Gasteiger partial charge in [-0.1, -0.05) is 0 Å². The van der Waals surface area contributed by atoms with E-state index in [2.05, 4.69) is 10.1 Å². The SMILES string of the molecule is COC(=O)N[C@H]1CC[C@@H](C)O[C@H]1C. The molecule has 1 amide bonds. The van der Waals surface area contributed by atoms with Gasteiger partial charge in [0.2, 0.25) is 0 Å². The second-order valence-corrected chi connectivity index (χ2v) is 3.47. The summed E-state index contributed by atoms with van der Waals surface area (Å²) in [5.41, 5.74) is 0. The predicted octanol–water partition coefficient (Wildman–Crippen LogP) is 1.30. The zero-order valence-corrected chi connectivity index (χ0v) is 8.37. The van der Waals surface area contributed by atoms with Crippen molar-refractivity contribution in [2.24, 2.45) is 0 Å². The Morgan fingerprint density at radius 1 is 1.46 bits per heavy atom. The smallest absolute Gasteiger partial charge is 0.407 e. The van der Waals surface area contributed by atoms with E-state index in [4.69, 9.17) is 4.74 Å². The zero-order chi connectivity index (χ0) is 9.84. The van der Waals surface area contributed by atoms with Crippen molar-refractivity contribution < 1.29 is 14.3 Å². The van der Waals surface area contributed by atoms with E-state index in [9.17, 15) is 4.79 Å². The Hall–Kier alpha value is -0.770. The number of alkyl carbamates (subject to hydrolysis) is 1. The highest BCUT2D eigenvalue weighted by molar-refractivity contribution is 5.67. The van der Waals surface area contributed by atoms with Crippen LogP contribution in [-0.2, 0) is 9.47 Å². The van der Waals surface area contributed by atoms with Gasteiger partial charge in [0.1, 0.15) is 0 Å². The average Bonchev–Trinajstić information content (AvgIpc) is 2.09. The first-order chi connectivity index (χ1) is 6.13. The Morgan fingerprint density at radius 3 is 2.69 bits per heavy atom. The van der Waals surface area contributed by atoms with Crippen molar-refractivity contribution in [1.82, 2.24) is 5.32 Å². The minimum Gasteiger partial charge on any atom is -0.453 e. The fourth-order valence-electron chi connectivity index (χ4n) is 1.58. The van der Waals surface area contributed by atoms with Gasteiger partial charge in [-0.3, -0.25) is 0 Å². The van der Waals surface area contributed by atoms with Crippen LogP contribution in [0.3, 0.4) is 0 Å². The highest BCUT2D eigenvalue weighted by Crippen LogP contribution is 2.18. The molecule has 0 aromatic rings. The van der Waals surface area contributed by atoms with E-state index in [1.165, 1.54) is 7.11 Å². The summed E-state index contributed by atoms with van der Waals surface area (Å²) in [4.78, 5) is 10.9. The summed E-state index contributed by atoms with van der Waals surface area (Å²) in [6, 6.07) is 0.0867. The minimum atomic E-state index is -0.380. The summed E-state index contributed by atoms with van der Waals surface area (Å²) in [5, 5.41) is 2.75. The number of ether oxygens (including phenoxy) is 2. The molecule has 1 saturated heterocycles. The first-order valence-corrected chi connectivity index (χ1v) is 4.63. The first-order valence-electron chi connectivity index (χ1n) is 4.63. The van der Waals surface area contributed by atoms with Crippen LogP contribution in [0.2, 0.25) is 0 Å². The molecule has 76 valence electrons. The molecule has 0 saturated carbocycles. The van der Waals surface area contributed by atoms with Crippen molar-refractivity contribution in [2.75, 3.05) is 7.11 Å². The van der Waals surface area contributed by atoms with Gasteiger partial charge in [-0.15, -0.1) is 0 Å². The molecule has 0 aliphatic carbocycles. The Bertz CT molecular complexity index is 184. The fourth-order valence-corrected chi connectivity index (χ4v) is 1.58. The summed E-state index contributed by atoms with van der Waals surface area (Å²) in [5.74, 6) is 0. The van der Waals surface area contributed by atoms with Crippen LogP contribution in [0.1, 0.15) is 26.7 Å². The molecule has 1 fully saturated rings. The third kappa shape index (κ3) is 2.88. The van der Waals surface area contributed by atoms with Crippen molar-refractivity contribution in [3.8, 4) is 0 Å². The van der Waals surface area contributed by atoms with Crippen molar-refractivity contribution in [3.05, 3.63) is 0 Å². The Labute approximate surface area is 78.6 Å². The normalized spacial score (nSPS) is 33.9. The summed E-state index contributed by atoms with van der Waals surface area (Å²) in [6.45, 7) is 4.02.